The zero-order chi connectivity index (χ0) is 52.0. The van der Waals surface area contributed by atoms with Gasteiger partial charge in [0, 0.05) is 19.4 Å². The molecule has 0 aliphatic heterocycles. The number of carbonyl (C=O) groups is 2. The van der Waals surface area contributed by atoms with E-state index in [0.29, 0.717) is 19.4 Å². The number of allylic oxidation sites excluding steroid dienone is 14. The summed E-state index contributed by atoms with van der Waals surface area (Å²) in [6.07, 6.45) is 83.4. The first-order valence-electron chi connectivity index (χ1n) is 31.1. The molecule has 0 fully saturated rings. The number of esters is 2. The van der Waals surface area contributed by atoms with Gasteiger partial charge in [-0.1, -0.05) is 279 Å². The number of rotatable bonds is 57. The molecule has 416 valence electrons. The summed E-state index contributed by atoms with van der Waals surface area (Å²) in [6.45, 7) is 7.63. The van der Waals surface area contributed by atoms with Gasteiger partial charge in [0.05, 0.1) is 6.61 Å². The van der Waals surface area contributed by atoms with Crippen LogP contribution in [0.1, 0.15) is 303 Å². The second-order valence-electron chi connectivity index (χ2n) is 20.6. The standard InChI is InChI=1S/C67H118O5/c1-4-7-10-13-16-19-22-25-28-31-34-36-39-42-45-48-51-54-57-60-66(68)71-64-65(63-70-62-59-56-53-50-47-44-41-38-33-30-27-24-21-18-15-12-9-6-3)72-67(69)61-58-55-52-49-46-43-40-37-35-32-29-26-23-20-17-14-11-8-5-2/h9,12,16,18-19,21,25,27-28,30,38,41,47,50,65H,4-8,10-11,13-15,17,20,22-24,26,29,31-37,39-40,42-46,48-49,51-64H2,1-3H3/b12-9-,19-16-,21-18-,28-25-,30-27-,41-38-,50-47-. The number of carbonyl (C=O) groups excluding carboxylic acids is 2. The molecule has 0 saturated heterocycles. The van der Waals surface area contributed by atoms with Crippen LogP contribution in [-0.4, -0.2) is 37.9 Å². The smallest absolute Gasteiger partial charge is 0.306 e. The fraction of sp³-hybridized carbons (Fsp3) is 0.761. The minimum Gasteiger partial charge on any atom is -0.462 e. The van der Waals surface area contributed by atoms with E-state index in [1.165, 1.54) is 180 Å². The van der Waals surface area contributed by atoms with Gasteiger partial charge in [0.25, 0.3) is 0 Å². The minimum atomic E-state index is -0.564. The molecule has 0 N–H and O–H groups in total. The van der Waals surface area contributed by atoms with E-state index in [0.717, 1.165) is 89.9 Å². The van der Waals surface area contributed by atoms with Gasteiger partial charge in [-0.3, -0.25) is 9.59 Å². The zero-order valence-corrected chi connectivity index (χ0v) is 47.9. The van der Waals surface area contributed by atoms with Gasteiger partial charge in [-0.15, -0.1) is 0 Å². The van der Waals surface area contributed by atoms with Gasteiger partial charge in [0.1, 0.15) is 6.61 Å². The molecule has 5 heteroatoms. The van der Waals surface area contributed by atoms with Crippen LogP contribution in [0, 0.1) is 0 Å². The Balaban J connectivity index is 4.33. The maximum Gasteiger partial charge on any atom is 0.306 e. The van der Waals surface area contributed by atoms with Crippen LogP contribution in [0.25, 0.3) is 0 Å². The Hall–Kier alpha value is -2.92. The molecular formula is C67H118O5. The monoisotopic (exact) mass is 1000 g/mol. The van der Waals surface area contributed by atoms with Crippen molar-refractivity contribution in [3.63, 3.8) is 0 Å². The van der Waals surface area contributed by atoms with Crippen molar-refractivity contribution in [1.82, 2.24) is 0 Å². The summed E-state index contributed by atoms with van der Waals surface area (Å²) in [6, 6.07) is 0. The molecule has 0 bridgehead atoms. The summed E-state index contributed by atoms with van der Waals surface area (Å²) < 4.78 is 17.5. The van der Waals surface area contributed by atoms with Crippen molar-refractivity contribution in [2.45, 2.75) is 309 Å². The largest absolute Gasteiger partial charge is 0.462 e. The van der Waals surface area contributed by atoms with Crippen LogP contribution in [0.3, 0.4) is 0 Å². The number of hydrogen-bond acceptors (Lipinski definition) is 5. The summed E-state index contributed by atoms with van der Waals surface area (Å²) in [4.78, 5) is 25.6. The lowest BCUT2D eigenvalue weighted by atomic mass is 10.0. The van der Waals surface area contributed by atoms with E-state index in [1.807, 2.05) is 0 Å². The van der Waals surface area contributed by atoms with E-state index in [2.05, 4.69) is 106 Å². The van der Waals surface area contributed by atoms with E-state index in [4.69, 9.17) is 14.2 Å². The molecule has 1 atom stereocenters. The van der Waals surface area contributed by atoms with Crippen molar-refractivity contribution in [1.29, 1.82) is 0 Å². The maximum absolute atomic E-state index is 12.9. The van der Waals surface area contributed by atoms with Crippen molar-refractivity contribution in [2.24, 2.45) is 0 Å². The van der Waals surface area contributed by atoms with Crippen LogP contribution >= 0.6 is 0 Å². The van der Waals surface area contributed by atoms with E-state index >= 15 is 0 Å². The van der Waals surface area contributed by atoms with Crippen LogP contribution in [0.2, 0.25) is 0 Å². The molecule has 0 aromatic heterocycles. The third-order valence-electron chi connectivity index (χ3n) is 13.4. The Kier molecular flexibility index (Phi) is 59.8. The van der Waals surface area contributed by atoms with Crippen LogP contribution in [0.5, 0.6) is 0 Å². The summed E-state index contributed by atoms with van der Waals surface area (Å²) >= 11 is 0. The van der Waals surface area contributed by atoms with Crippen molar-refractivity contribution in [3.8, 4) is 0 Å². The van der Waals surface area contributed by atoms with Gasteiger partial charge in [-0.25, -0.2) is 0 Å². The Morgan fingerprint density at radius 2 is 0.625 bits per heavy atom. The number of ether oxygens (including phenoxy) is 3. The quantitative estimate of drug-likeness (QED) is 0.0345. The van der Waals surface area contributed by atoms with E-state index < -0.39 is 6.10 Å². The van der Waals surface area contributed by atoms with Crippen molar-refractivity contribution in [3.05, 3.63) is 85.1 Å². The molecule has 0 saturated carbocycles. The summed E-state index contributed by atoms with van der Waals surface area (Å²) in [5, 5.41) is 0. The second-order valence-corrected chi connectivity index (χ2v) is 20.6. The van der Waals surface area contributed by atoms with E-state index in [9.17, 15) is 9.59 Å². The van der Waals surface area contributed by atoms with E-state index in [1.54, 1.807) is 0 Å². The Morgan fingerprint density at radius 3 is 1.03 bits per heavy atom. The van der Waals surface area contributed by atoms with Gasteiger partial charge in [-0.05, 0) is 96.3 Å². The molecule has 0 spiro atoms. The van der Waals surface area contributed by atoms with Gasteiger partial charge >= 0.3 is 11.9 Å². The SMILES string of the molecule is CC/C=C\C/C=C\C/C=C\C/C=C\C/C=C\CCCCOCC(COC(=O)CCCCCCCCCCC/C=C\C/C=C\CCCCC)OC(=O)CCCCCCCCCCCCCCCCCCCCC. The third kappa shape index (κ3) is 59.6. The molecule has 5 nitrogen and oxygen atoms in total. The van der Waals surface area contributed by atoms with Crippen molar-refractivity contribution in [2.75, 3.05) is 19.8 Å². The fourth-order valence-corrected chi connectivity index (χ4v) is 8.80. The molecule has 0 radical (unpaired) electrons. The summed E-state index contributed by atoms with van der Waals surface area (Å²) in [5.74, 6) is -0.415. The lowest BCUT2D eigenvalue weighted by molar-refractivity contribution is -0.163. The zero-order valence-electron chi connectivity index (χ0n) is 47.9. The summed E-state index contributed by atoms with van der Waals surface area (Å²) in [5.41, 5.74) is 0. The van der Waals surface area contributed by atoms with Gasteiger partial charge in [0.15, 0.2) is 6.10 Å². The molecule has 0 aliphatic carbocycles. The Morgan fingerprint density at radius 1 is 0.319 bits per heavy atom. The molecule has 0 heterocycles. The molecule has 0 rings (SSSR count). The summed E-state index contributed by atoms with van der Waals surface area (Å²) in [7, 11) is 0. The van der Waals surface area contributed by atoms with Crippen LogP contribution in [-0.2, 0) is 23.8 Å². The average molecular weight is 1000 g/mol. The first-order chi connectivity index (χ1) is 35.6. The highest BCUT2D eigenvalue weighted by molar-refractivity contribution is 5.70. The second kappa shape index (κ2) is 62.4. The molecular weight excluding hydrogens is 885 g/mol. The Bertz CT molecular complexity index is 1320. The van der Waals surface area contributed by atoms with E-state index in [-0.39, 0.29) is 25.2 Å². The molecule has 1 unspecified atom stereocenters. The molecule has 0 aliphatic rings. The minimum absolute atomic E-state index is 0.0652. The predicted molar refractivity (Wildman–Crippen MR) is 316 cm³/mol. The average Bonchev–Trinajstić information content (AvgIpc) is 3.38. The van der Waals surface area contributed by atoms with Crippen LogP contribution < -0.4 is 0 Å². The van der Waals surface area contributed by atoms with Crippen molar-refractivity contribution < 1.29 is 23.8 Å². The van der Waals surface area contributed by atoms with Crippen LogP contribution in [0.4, 0.5) is 0 Å². The molecule has 0 aromatic carbocycles. The first kappa shape index (κ1) is 69.1. The van der Waals surface area contributed by atoms with Gasteiger partial charge in [-0.2, -0.15) is 0 Å². The normalized spacial score (nSPS) is 12.8. The van der Waals surface area contributed by atoms with Crippen LogP contribution in [0.15, 0.2) is 85.1 Å². The molecule has 72 heavy (non-hydrogen) atoms. The maximum atomic E-state index is 12.9. The Labute approximate surface area is 448 Å². The number of unbranched alkanes of at least 4 members (excludes halogenated alkanes) is 32. The molecule has 0 amide bonds. The third-order valence-corrected chi connectivity index (χ3v) is 13.4. The lowest BCUT2D eigenvalue weighted by Crippen LogP contribution is -2.30. The fourth-order valence-electron chi connectivity index (χ4n) is 8.80. The van der Waals surface area contributed by atoms with Crippen molar-refractivity contribution >= 4 is 11.9 Å². The highest BCUT2D eigenvalue weighted by atomic mass is 16.6. The van der Waals surface area contributed by atoms with Gasteiger partial charge in [0.2, 0.25) is 0 Å². The topological polar surface area (TPSA) is 61.8 Å². The predicted octanol–water partition coefficient (Wildman–Crippen LogP) is 21.6. The highest BCUT2D eigenvalue weighted by Gasteiger charge is 2.17. The first-order valence-corrected chi connectivity index (χ1v) is 31.1. The van der Waals surface area contributed by atoms with Gasteiger partial charge < -0.3 is 14.2 Å². The lowest BCUT2D eigenvalue weighted by Gasteiger charge is -2.18. The molecule has 0 aromatic rings. The highest BCUT2D eigenvalue weighted by Crippen LogP contribution is 2.16. The number of hydrogen-bond donors (Lipinski definition) is 0.